The highest BCUT2D eigenvalue weighted by atomic mass is 16.5. The summed E-state index contributed by atoms with van der Waals surface area (Å²) in [7, 11) is 0. The van der Waals surface area contributed by atoms with E-state index in [2.05, 4.69) is 5.32 Å². The van der Waals surface area contributed by atoms with E-state index < -0.39 is 5.60 Å². The van der Waals surface area contributed by atoms with E-state index in [-0.39, 0.29) is 6.61 Å². The first-order valence-electron chi connectivity index (χ1n) is 4.96. The van der Waals surface area contributed by atoms with Gasteiger partial charge in [0.15, 0.2) is 0 Å². The molecule has 5 nitrogen and oxygen atoms in total. The summed E-state index contributed by atoms with van der Waals surface area (Å²) < 4.78 is 10.2. The van der Waals surface area contributed by atoms with Crippen LogP contribution in [0.5, 0.6) is 0 Å². The molecule has 0 radical (unpaired) electrons. The van der Waals surface area contributed by atoms with Gasteiger partial charge in [0, 0.05) is 26.1 Å². The van der Waals surface area contributed by atoms with Gasteiger partial charge in [0.2, 0.25) is 0 Å². The Hall–Kier alpha value is -0.200. The molecule has 1 unspecified atom stereocenters. The fourth-order valence-electron chi connectivity index (χ4n) is 1.37. The molecule has 1 heterocycles. The fourth-order valence-corrected chi connectivity index (χ4v) is 1.37. The Bertz CT molecular complexity index is 148. The fraction of sp³-hybridized carbons (Fsp3) is 1.00. The number of rotatable bonds is 7. The summed E-state index contributed by atoms with van der Waals surface area (Å²) in [6.45, 7) is 3.25. The van der Waals surface area contributed by atoms with E-state index in [1.807, 2.05) is 0 Å². The Labute approximate surface area is 84.0 Å². The van der Waals surface area contributed by atoms with Crippen molar-refractivity contribution >= 4 is 0 Å². The molecule has 1 aliphatic rings. The highest BCUT2D eigenvalue weighted by Gasteiger charge is 2.31. The van der Waals surface area contributed by atoms with Crippen molar-refractivity contribution < 1.29 is 19.7 Å². The van der Waals surface area contributed by atoms with Crippen LogP contribution in [0.2, 0.25) is 0 Å². The number of hydrogen-bond donors (Lipinski definition) is 3. The number of hydrogen-bond acceptors (Lipinski definition) is 5. The van der Waals surface area contributed by atoms with Gasteiger partial charge in [0.1, 0.15) is 5.60 Å². The lowest BCUT2D eigenvalue weighted by atomic mass is 10.0. The number of aliphatic hydroxyl groups excluding tert-OH is 1. The van der Waals surface area contributed by atoms with Crippen LogP contribution < -0.4 is 5.32 Å². The quantitative estimate of drug-likeness (QED) is 0.452. The van der Waals surface area contributed by atoms with E-state index in [1.165, 1.54) is 0 Å². The van der Waals surface area contributed by atoms with Crippen molar-refractivity contribution in [3.05, 3.63) is 0 Å². The SMILES string of the molecule is OCCOCCNCC1(O)CCOC1. The van der Waals surface area contributed by atoms with E-state index in [0.29, 0.717) is 45.9 Å². The Morgan fingerprint density at radius 1 is 1.43 bits per heavy atom. The van der Waals surface area contributed by atoms with Crippen molar-refractivity contribution in [2.24, 2.45) is 0 Å². The molecule has 0 saturated carbocycles. The van der Waals surface area contributed by atoms with Gasteiger partial charge in [-0.25, -0.2) is 0 Å². The zero-order chi connectivity index (χ0) is 10.3. The second kappa shape index (κ2) is 6.31. The van der Waals surface area contributed by atoms with Crippen molar-refractivity contribution in [2.75, 3.05) is 46.1 Å². The molecule has 0 aromatic heterocycles. The second-order valence-electron chi connectivity index (χ2n) is 3.54. The maximum Gasteiger partial charge on any atom is 0.102 e. The normalized spacial score (nSPS) is 27.0. The van der Waals surface area contributed by atoms with Gasteiger partial charge >= 0.3 is 0 Å². The van der Waals surface area contributed by atoms with Crippen LogP contribution in [0.4, 0.5) is 0 Å². The molecule has 1 fully saturated rings. The molecule has 1 rings (SSSR count). The molecule has 3 N–H and O–H groups in total. The molecule has 0 aromatic rings. The van der Waals surface area contributed by atoms with Crippen molar-refractivity contribution in [3.8, 4) is 0 Å². The maximum absolute atomic E-state index is 9.83. The van der Waals surface area contributed by atoms with E-state index in [4.69, 9.17) is 14.6 Å². The number of ether oxygens (including phenoxy) is 2. The van der Waals surface area contributed by atoms with E-state index in [1.54, 1.807) is 0 Å². The zero-order valence-corrected chi connectivity index (χ0v) is 8.37. The Morgan fingerprint density at radius 3 is 2.93 bits per heavy atom. The summed E-state index contributed by atoms with van der Waals surface area (Å²) in [5.41, 5.74) is -0.697. The molecule has 0 aliphatic carbocycles. The third-order valence-corrected chi connectivity index (χ3v) is 2.20. The summed E-state index contributed by atoms with van der Waals surface area (Å²) in [6.07, 6.45) is 0.692. The smallest absolute Gasteiger partial charge is 0.102 e. The Kier molecular flexibility index (Phi) is 5.36. The first kappa shape index (κ1) is 11.9. The minimum absolute atomic E-state index is 0.0534. The summed E-state index contributed by atoms with van der Waals surface area (Å²) in [4.78, 5) is 0. The molecule has 0 spiro atoms. The number of aliphatic hydroxyl groups is 2. The first-order chi connectivity index (χ1) is 6.77. The lowest BCUT2D eigenvalue weighted by Crippen LogP contribution is -2.42. The molecule has 1 aliphatic heterocycles. The molecule has 0 aromatic carbocycles. The van der Waals surface area contributed by atoms with E-state index >= 15 is 0 Å². The molecule has 14 heavy (non-hydrogen) atoms. The molecular formula is C9H19NO4. The van der Waals surface area contributed by atoms with Crippen LogP contribution in [-0.2, 0) is 9.47 Å². The van der Waals surface area contributed by atoms with Crippen molar-refractivity contribution in [3.63, 3.8) is 0 Å². The second-order valence-corrected chi connectivity index (χ2v) is 3.54. The Morgan fingerprint density at radius 2 is 2.29 bits per heavy atom. The van der Waals surface area contributed by atoms with E-state index in [0.717, 1.165) is 0 Å². The largest absolute Gasteiger partial charge is 0.394 e. The van der Waals surface area contributed by atoms with Gasteiger partial charge < -0.3 is 25.0 Å². The minimum atomic E-state index is -0.697. The zero-order valence-electron chi connectivity index (χ0n) is 8.37. The van der Waals surface area contributed by atoms with Crippen LogP contribution in [0.15, 0.2) is 0 Å². The molecule has 84 valence electrons. The van der Waals surface area contributed by atoms with Crippen LogP contribution >= 0.6 is 0 Å². The molecular weight excluding hydrogens is 186 g/mol. The maximum atomic E-state index is 9.83. The van der Waals surface area contributed by atoms with Gasteiger partial charge in [0.25, 0.3) is 0 Å². The van der Waals surface area contributed by atoms with Crippen molar-refractivity contribution in [1.29, 1.82) is 0 Å². The van der Waals surface area contributed by atoms with Crippen LogP contribution in [0.1, 0.15) is 6.42 Å². The van der Waals surface area contributed by atoms with E-state index in [9.17, 15) is 5.11 Å². The first-order valence-corrected chi connectivity index (χ1v) is 4.96. The predicted octanol–water partition coefficient (Wildman–Crippen LogP) is -1.26. The highest BCUT2D eigenvalue weighted by molar-refractivity contribution is 4.84. The summed E-state index contributed by atoms with van der Waals surface area (Å²) >= 11 is 0. The standard InChI is InChI=1S/C9H19NO4/c11-3-6-13-5-2-10-7-9(12)1-4-14-8-9/h10-12H,1-8H2. The van der Waals surface area contributed by atoms with Crippen LogP contribution in [0, 0.1) is 0 Å². The predicted molar refractivity (Wildman–Crippen MR) is 51.2 cm³/mol. The topological polar surface area (TPSA) is 71.0 Å². The van der Waals surface area contributed by atoms with Crippen LogP contribution in [0.3, 0.4) is 0 Å². The molecule has 1 saturated heterocycles. The third kappa shape index (κ3) is 4.34. The third-order valence-electron chi connectivity index (χ3n) is 2.20. The van der Waals surface area contributed by atoms with Crippen LogP contribution in [-0.4, -0.2) is 61.9 Å². The average molecular weight is 205 g/mol. The molecule has 1 atom stereocenters. The lowest BCUT2D eigenvalue weighted by molar-refractivity contribution is 0.0244. The summed E-state index contributed by atoms with van der Waals surface area (Å²) in [5, 5.41) is 21.4. The van der Waals surface area contributed by atoms with Gasteiger partial charge in [-0.05, 0) is 0 Å². The number of nitrogens with one attached hydrogen (secondary N) is 1. The van der Waals surface area contributed by atoms with Crippen molar-refractivity contribution in [1.82, 2.24) is 5.32 Å². The van der Waals surface area contributed by atoms with Gasteiger partial charge in [-0.2, -0.15) is 0 Å². The molecule has 5 heteroatoms. The molecule has 0 amide bonds. The minimum Gasteiger partial charge on any atom is -0.394 e. The summed E-state index contributed by atoms with van der Waals surface area (Å²) in [6, 6.07) is 0. The summed E-state index contributed by atoms with van der Waals surface area (Å²) in [5.74, 6) is 0. The highest BCUT2D eigenvalue weighted by Crippen LogP contribution is 2.16. The van der Waals surface area contributed by atoms with Gasteiger partial charge in [-0.1, -0.05) is 0 Å². The van der Waals surface area contributed by atoms with Gasteiger partial charge in [-0.3, -0.25) is 0 Å². The van der Waals surface area contributed by atoms with Gasteiger partial charge in [0.05, 0.1) is 26.4 Å². The monoisotopic (exact) mass is 205 g/mol. The van der Waals surface area contributed by atoms with Gasteiger partial charge in [-0.15, -0.1) is 0 Å². The Balaban J connectivity index is 1.92. The van der Waals surface area contributed by atoms with Crippen LogP contribution in [0.25, 0.3) is 0 Å². The lowest BCUT2D eigenvalue weighted by Gasteiger charge is -2.20. The molecule has 0 bridgehead atoms. The van der Waals surface area contributed by atoms with Crippen molar-refractivity contribution in [2.45, 2.75) is 12.0 Å². The average Bonchev–Trinajstić information content (AvgIpc) is 2.59.